The van der Waals surface area contributed by atoms with Crippen molar-refractivity contribution in [2.75, 3.05) is 18.0 Å². The lowest BCUT2D eigenvalue weighted by molar-refractivity contribution is -0.137. The van der Waals surface area contributed by atoms with E-state index in [1.807, 2.05) is 6.92 Å². The summed E-state index contributed by atoms with van der Waals surface area (Å²) in [4.78, 5) is 13.5. The van der Waals surface area contributed by atoms with Crippen molar-refractivity contribution in [2.24, 2.45) is 5.92 Å². The number of alkyl halides is 3. The molecular formula is C17H22F3NO. The summed E-state index contributed by atoms with van der Waals surface area (Å²) in [6.45, 7) is 3.57. The molecule has 1 heterocycles. The number of hydrogen-bond donors (Lipinski definition) is 0. The zero-order chi connectivity index (χ0) is 16.2. The largest absolute Gasteiger partial charge is 0.416 e. The molecule has 0 spiro atoms. The maximum atomic E-state index is 12.6. The van der Waals surface area contributed by atoms with Gasteiger partial charge in [0.25, 0.3) is 0 Å². The molecule has 1 saturated heterocycles. The molecule has 0 bridgehead atoms. The second kappa shape index (κ2) is 7.16. The first-order valence-electron chi connectivity index (χ1n) is 7.84. The molecule has 0 aliphatic carbocycles. The molecule has 0 unspecified atom stereocenters. The summed E-state index contributed by atoms with van der Waals surface area (Å²) in [5, 5.41) is 0. The molecule has 122 valence electrons. The molecule has 0 amide bonds. The fourth-order valence-electron chi connectivity index (χ4n) is 2.88. The lowest BCUT2D eigenvalue weighted by atomic mass is 9.91. The zero-order valence-corrected chi connectivity index (χ0v) is 12.8. The number of anilines is 1. The Hall–Kier alpha value is -1.52. The van der Waals surface area contributed by atoms with Crippen molar-refractivity contribution >= 4 is 11.5 Å². The highest BCUT2D eigenvalue weighted by atomic mass is 19.4. The van der Waals surface area contributed by atoms with Crippen LogP contribution in [0, 0.1) is 5.92 Å². The van der Waals surface area contributed by atoms with Crippen LogP contribution >= 0.6 is 0 Å². The molecule has 1 aliphatic rings. The van der Waals surface area contributed by atoms with Crippen molar-refractivity contribution < 1.29 is 18.0 Å². The Balaban J connectivity index is 1.85. The number of carbonyl (C=O) groups is 1. The predicted octanol–water partition coefficient (Wildman–Crippen LogP) is 4.68. The summed E-state index contributed by atoms with van der Waals surface area (Å²) in [6.07, 6.45) is -0.0905. The second-order valence-corrected chi connectivity index (χ2v) is 5.91. The van der Waals surface area contributed by atoms with E-state index in [1.54, 1.807) is 12.1 Å². The topological polar surface area (TPSA) is 20.3 Å². The third kappa shape index (κ3) is 4.49. The van der Waals surface area contributed by atoms with E-state index < -0.39 is 11.7 Å². The number of ketones is 1. The minimum absolute atomic E-state index is 0.310. The number of nitrogens with zero attached hydrogens (tertiary/aromatic N) is 1. The summed E-state index contributed by atoms with van der Waals surface area (Å²) in [5.41, 5.74) is 0.236. The Labute approximate surface area is 129 Å². The van der Waals surface area contributed by atoms with E-state index in [4.69, 9.17) is 0 Å². The molecule has 0 atom stereocenters. The lowest BCUT2D eigenvalue weighted by Crippen LogP contribution is -2.33. The van der Waals surface area contributed by atoms with E-state index in [0.29, 0.717) is 24.5 Å². The van der Waals surface area contributed by atoms with E-state index in [9.17, 15) is 18.0 Å². The smallest absolute Gasteiger partial charge is 0.372 e. The van der Waals surface area contributed by atoms with Crippen LogP contribution in [0.4, 0.5) is 18.9 Å². The Kier molecular flexibility index (Phi) is 5.48. The van der Waals surface area contributed by atoms with Crippen LogP contribution in [0.3, 0.4) is 0 Å². The molecule has 1 aliphatic heterocycles. The normalized spacial score (nSPS) is 16.8. The fourth-order valence-corrected chi connectivity index (χ4v) is 2.88. The predicted molar refractivity (Wildman–Crippen MR) is 80.9 cm³/mol. The van der Waals surface area contributed by atoms with Gasteiger partial charge in [0.15, 0.2) is 0 Å². The molecule has 1 aromatic rings. The molecule has 0 saturated carbocycles. The number of piperidine rings is 1. The van der Waals surface area contributed by atoms with Gasteiger partial charge in [0, 0.05) is 31.6 Å². The third-order valence-electron chi connectivity index (χ3n) is 4.40. The lowest BCUT2D eigenvalue weighted by Gasteiger charge is -2.33. The van der Waals surface area contributed by atoms with Crippen molar-refractivity contribution in [3.63, 3.8) is 0 Å². The van der Waals surface area contributed by atoms with Crippen molar-refractivity contribution in [1.82, 2.24) is 0 Å². The van der Waals surface area contributed by atoms with Crippen LogP contribution in [0.5, 0.6) is 0 Å². The van der Waals surface area contributed by atoms with Gasteiger partial charge in [-0.3, -0.25) is 4.79 Å². The molecule has 1 aromatic carbocycles. The van der Waals surface area contributed by atoms with Gasteiger partial charge in [-0.05, 0) is 49.4 Å². The summed E-state index contributed by atoms with van der Waals surface area (Å²) in [5.74, 6) is 0.867. The van der Waals surface area contributed by atoms with E-state index in [2.05, 4.69) is 4.90 Å². The average molecular weight is 313 g/mol. The van der Waals surface area contributed by atoms with Crippen molar-refractivity contribution in [1.29, 1.82) is 0 Å². The Morgan fingerprint density at radius 1 is 1.18 bits per heavy atom. The monoisotopic (exact) mass is 313 g/mol. The van der Waals surface area contributed by atoms with Crippen LogP contribution < -0.4 is 4.90 Å². The third-order valence-corrected chi connectivity index (χ3v) is 4.40. The maximum absolute atomic E-state index is 12.6. The first-order chi connectivity index (χ1) is 10.4. The molecule has 2 nitrogen and oxygen atoms in total. The summed E-state index contributed by atoms with van der Waals surface area (Å²) >= 11 is 0. The number of hydrogen-bond acceptors (Lipinski definition) is 2. The van der Waals surface area contributed by atoms with Gasteiger partial charge in [-0.2, -0.15) is 13.2 Å². The highest BCUT2D eigenvalue weighted by Crippen LogP contribution is 2.32. The van der Waals surface area contributed by atoms with Crippen LogP contribution in [0.15, 0.2) is 24.3 Å². The minimum atomic E-state index is -4.28. The van der Waals surface area contributed by atoms with Crippen LogP contribution in [-0.4, -0.2) is 18.9 Å². The van der Waals surface area contributed by atoms with Crippen LogP contribution in [0.1, 0.15) is 44.6 Å². The maximum Gasteiger partial charge on any atom is 0.416 e. The van der Waals surface area contributed by atoms with Gasteiger partial charge in [-0.15, -0.1) is 0 Å². The number of halogens is 3. The van der Waals surface area contributed by atoms with Crippen LogP contribution in [-0.2, 0) is 11.0 Å². The number of benzene rings is 1. The number of rotatable bonds is 5. The zero-order valence-electron chi connectivity index (χ0n) is 12.8. The molecule has 5 heteroatoms. The van der Waals surface area contributed by atoms with Gasteiger partial charge >= 0.3 is 6.18 Å². The SMILES string of the molecule is CCC(=O)CCC1CCN(c2ccc(C(F)(F)F)cc2)CC1. The van der Waals surface area contributed by atoms with Crippen molar-refractivity contribution in [3.8, 4) is 0 Å². The van der Waals surface area contributed by atoms with E-state index >= 15 is 0 Å². The van der Waals surface area contributed by atoms with Gasteiger partial charge in [-0.1, -0.05) is 6.92 Å². The van der Waals surface area contributed by atoms with Crippen molar-refractivity contribution in [2.45, 2.75) is 45.2 Å². The Morgan fingerprint density at radius 2 is 1.77 bits per heavy atom. The van der Waals surface area contributed by atoms with Gasteiger partial charge in [0.05, 0.1) is 5.56 Å². The molecular weight excluding hydrogens is 291 g/mol. The van der Waals surface area contributed by atoms with Crippen LogP contribution in [0.2, 0.25) is 0 Å². The van der Waals surface area contributed by atoms with Crippen LogP contribution in [0.25, 0.3) is 0 Å². The van der Waals surface area contributed by atoms with E-state index in [-0.39, 0.29) is 0 Å². The minimum Gasteiger partial charge on any atom is -0.372 e. The first-order valence-corrected chi connectivity index (χ1v) is 7.84. The van der Waals surface area contributed by atoms with E-state index in [1.165, 1.54) is 0 Å². The number of carbonyl (C=O) groups excluding carboxylic acids is 1. The summed E-state index contributed by atoms with van der Waals surface area (Å²) in [7, 11) is 0. The molecule has 2 rings (SSSR count). The molecule has 22 heavy (non-hydrogen) atoms. The average Bonchev–Trinajstić information content (AvgIpc) is 2.52. The quantitative estimate of drug-likeness (QED) is 0.786. The molecule has 0 radical (unpaired) electrons. The van der Waals surface area contributed by atoms with E-state index in [0.717, 1.165) is 50.2 Å². The summed E-state index contributed by atoms with van der Waals surface area (Å²) < 4.78 is 37.7. The number of Topliss-reactive ketones (excluding diaryl/α,β-unsaturated/α-hetero) is 1. The van der Waals surface area contributed by atoms with Gasteiger partial charge in [-0.25, -0.2) is 0 Å². The Morgan fingerprint density at radius 3 is 2.27 bits per heavy atom. The first kappa shape index (κ1) is 16.8. The van der Waals surface area contributed by atoms with Gasteiger partial charge < -0.3 is 4.90 Å². The fraction of sp³-hybridized carbons (Fsp3) is 0.588. The highest BCUT2D eigenvalue weighted by molar-refractivity contribution is 5.77. The molecule has 0 aromatic heterocycles. The summed E-state index contributed by atoms with van der Waals surface area (Å²) in [6, 6.07) is 5.37. The highest BCUT2D eigenvalue weighted by Gasteiger charge is 2.30. The Bertz CT molecular complexity index is 488. The van der Waals surface area contributed by atoms with Gasteiger partial charge in [0.2, 0.25) is 0 Å². The molecule has 1 fully saturated rings. The molecule has 0 N–H and O–H groups in total. The standard InChI is InChI=1S/C17H22F3NO/c1-2-16(22)8-3-13-9-11-21(12-10-13)15-6-4-14(5-7-15)17(18,19)20/h4-7,13H,2-3,8-12H2,1H3. The van der Waals surface area contributed by atoms with Crippen molar-refractivity contribution in [3.05, 3.63) is 29.8 Å². The van der Waals surface area contributed by atoms with Gasteiger partial charge in [0.1, 0.15) is 5.78 Å². The second-order valence-electron chi connectivity index (χ2n) is 5.91.